The Kier molecular flexibility index (Phi) is 6.52. The van der Waals surface area contributed by atoms with Crippen LogP contribution < -0.4 is 10.1 Å². The fraction of sp³-hybridized carbons (Fsp3) is 0.238. The van der Waals surface area contributed by atoms with E-state index in [2.05, 4.69) is 5.32 Å². The van der Waals surface area contributed by atoms with Gasteiger partial charge in [-0.25, -0.2) is 4.79 Å². The van der Waals surface area contributed by atoms with Gasteiger partial charge in [-0.15, -0.1) is 0 Å². The molecule has 0 radical (unpaired) electrons. The molecule has 1 amide bonds. The number of alkyl halides is 3. The summed E-state index contributed by atoms with van der Waals surface area (Å²) in [6.07, 6.45) is -6.59. The number of carboxylic acids is 1. The minimum Gasteiger partial charge on any atom is -0.478 e. The molecule has 0 saturated carbocycles. The molecule has 2 unspecified atom stereocenters. The molecule has 1 heterocycles. The Balaban J connectivity index is 1.81. The molecule has 2 N–H and O–H groups in total. The van der Waals surface area contributed by atoms with E-state index in [1.54, 1.807) is 31.2 Å². The topological polar surface area (TPSA) is 75.6 Å². The largest absolute Gasteiger partial charge is 0.478 e. The standard InChI is InChI=1S/C21H16Cl2F3NO4/c1-10(9-27-19(28)11-2-4-13(22)5-3-11)14-8-17-12(7-16(14)23)6-15(20(29)30)18(31-17)21(24,25)26/h2-8,10,18H,9H2,1H3,(H,27,28)(H,29,30). The molecule has 31 heavy (non-hydrogen) atoms. The third-order valence-electron chi connectivity index (χ3n) is 4.72. The minimum absolute atomic E-state index is 0.129. The van der Waals surface area contributed by atoms with Crippen molar-refractivity contribution in [2.75, 3.05) is 6.54 Å². The van der Waals surface area contributed by atoms with Gasteiger partial charge in [-0.2, -0.15) is 13.2 Å². The molecule has 2 aromatic rings. The number of aliphatic carboxylic acids is 1. The maximum Gasteiger partial charge on any atom is 0.430 e. The van der Waals surface area contributed by atoms with E-state index in [1.807, 2.05) is 0 Å². The van der Waals surface area contributed by atoms with Crippen LogP contribution in [0.3, 0.4) is 0 Å². The van der Waals surface area contributed by atoms with E-state index >= 15 is 0 Å². The number of nitrogens with one attached hydrogen (secondary N) is 1. The van der Waals surface area contributed by atoms with Gasteiger partial charge in [0.05, 0.1) is 5.57 Å². The van der Waals surface area contributed by atoms with Gasteiger partial charge in [0.15, 0.2) is 0 Å². The normalized spacial score (nSPS) is 16.6. The van der Waals surface area contributed by atoms with Crippen molar-refractivity contribution < 1.29 is 32.6 Å². The number of hydrogen-bond acceptors (Lipinski definition) is 3. The quantitative estimate of drug-likeness (QED) is 0.616. The average molecular weight is 474 g/mol. The van der Waals surface area contributed by atoms with Crippen molar-refractivity contribution in [1.82, 2.24) is 5.32 Å². The van der Waals surface area contributed by atoms with Crippen molar-refractivity contribution in [3.05, 3.63) is 68.7 Å². The smallest absolute Gasteiger partial charge is 0.430 e. The highest BCUT2D eigenvalue weighted by molar-refractivity contribution is 6.31. The highest BCUT2D eigenvalue weighted by Crippen LogP contribution is 2.40. The van der Waals surface area contributed by atoms with Gasteiger partial charge in [0, 0.05) is 33.6 Å². The van der Waals surface area contributed by atoms with Crippen molar-refractivity contribution in [1.29, 1.82) is 0 Å². The lowest BCUT2D eigenvalue weighted by Crippen LogP contribution is -2.40. The van der Waals surface area contributed by atoms with Crippen LogP contribution in [0.1, 0.15) is 34.3 Å². The zero-order valence-corrected chi connectivity index (χ0v) is 17.5. The number of carbonyl (C=O) groups excluding carboxylic acids is 1. The Hall–Kier alpha value is -2.71. The third kappa shape index (κ3) is 5.14. The van der Waals surface area contributed by atoms with E-state index in [4.69, 9.17) is 33.0 Å². The van der Waals surface area contributed by atoms with Crippen molar-refractivity contribution in [2.45, 2.75) is 25.1 Å². The molecule has 164 valence electrons. The molecule has 2 atom stereocenters. The second-order valence-electron chi connectivity index (χ2n) is 6.97. The Morgan fingerprint density at radius 3 is 2.42 bits per heavy atom. The first-order valence-corrected chi connectivity index (χ1v) is 9.78. The van der Waals surface area contributed by atoms with E-state index in [1.165, 1.54) is 12.1 Å². The molecule has 0 spiro atoms. The van der Waals surface area contributed by atoms with Crippen LogP contribution in [-0.2, 0) is 4.79 Å². The number of hydrogen-bond donors (Lipinski definition) is 2. The van der Waals surface area contributed by atoms with Crippen molar-refractivity contribution >= 4 is 41.2 Å². The predicted octanol–water partition coefficient (Wildman–Crippen LogP) is 5.32. The van der Waals surface area contributed by atoms with Crippen LogP contribution in [-0.4, -0.2) is 35.8 Å². The lowest BCUT2D eigenvalue weighted by atomic mass is 9.95. The number of amides is 1. The second-order valence-corrected chi connectivity index (χ2v) is 7.82. The van der Waals surface area contributed by atoms with E-state index in [0.29, 0.717) is 16.1 Å². The molecule has 0 fully saturated rings. The molecule has 3 rings (SSSR count). The van der Waals surface area contributed by atoms with Crippen LogP contribution in [0.15, 0.2) is 42.0 Å². The minimum atomic E-state index is -4.90. The number of halogens is 5. The first-order chi connectivity index (χ1) is 14.5. The van der Waals surface area contributed by atoms with Gasteiger partial charge in [0.1, 0.15) is 5.75 Å². The summed E-state index contributed by atoms with van der Waals surface area (Å²) in [6.45, 7) is 1.89. The monoisotopic (exact) mass is 473 g/mol. The molecule has 0 saturated heterocycles. The van der Waals surface area contributed by atoms with Crippen LogP contribution >= 0.6 is 23.2 Å². The maximum absolute atomic E-state index is 13.3. The number of ether oxygens (including phenoxy) is 1. The first-order valence-electron chi connectivity index (χ1n) is 9.03. The van der Waals surface area contributed by atoms with Crippen LogP contribution in [0.4, 0.5) is 13.2 Å². The summed E-state index contributed by atoms with van der Waals surface area (Å²) in [4.78, 5) is 23.5. The van der Waals surface area contributed by atoms with E-state index in [9.17, 15) is 22.8 Å². The summed E-state index contributed by atoms with van der Waals surface area (Å²) in [5, 5.41) is 12.5. The summed E-state index contributed by atoms with van der Waals surface area (Å²) >= 11 is 12.1. The van der Waals surface area contributed by atoms with Crippen LogP contribution in [0.2, 0.25) is 10.0 Å². The van der Waals surface area contributed by atoms with Crippen molar-refractivity contribution in [3.63, 3.8) is 0 Å². The van der Waals surface area contributed by atoms with Crippen molar-refractivity contribution in [3.8, 4) is 5.75 Å². The highest BCUT2D eigenvalue weighted by atomic mass is 35.5. The Morgan fingerprint density at radius 2 is 1.84 bits per heavy atom. The van der Waals surface area contributed by atoms with Crippen LogP contribution in [0.25, 0.3) is 6.08 Å². The lowest BCUT2D eigenvalue weighted by molar-refractivity contribution is -0.187. The molecule has 0 bridgehead atoms. The van der Waals surface area contributed by atoms with Crippen molar-refractivity contribution in [2.24, 2.45) is 0 Å². The van der Waals surface area contributed by atoms with Gasteiger partial charge in [-0.3, -0.25) is 4.79 Å². The molecule has 10 heteroatoms. The number of carboxylic acid groups (broad SMARTS) is 1. The molecule has 0 aromatic heterocycles. The van der Waals surface area contributed by atoms with Gasteiger partial charge in [-0.05, 0) is 48.0 Å². The molecule has 5 nitrogen and oxygen atoms in total. The molecule has 1 aliphatic heterocycles. The van der Waals surface area contributed by atoms with Gasteiger partial charge < -0.3 is 15.2 Å². The molecular formula is C21H16Cl2F3NO4. The zero-order chi connectivity index (χ0) is 22.9. The van der Waals surface area contributed by atoms with E-state index in [0.717, 1.165) is 6.08 Å². The van der Waals surface area contributed by atoms with Crippen LogP contribution in [0.5, 0.6) is 5.75 Å². The summed E-state index contributed by atoms with van der Waals surface area (Å²) in [5.41, 5.74) is 0.0527. The summed E-state index contributed by atoms with van der Waals surface area (Å²) in [5.74, 6) is -2.58. The van der Waals surface area contributed by atoms with Crippen LogP contribution in [0, 0.1) is 0 Å². The Bertz CT molecular complexity index is 1050. The number of carbonyl (C=O) groups is 2. The maximum atomic E-state index is 13.3. The average Bonchev–Trinajstić information content (AvgIpc) is 2.70. The SMILES string of the molecule is CC(CNC(=O)c1ccc(Cl)cc1)c1cc2c(cc1Cl)C=C(C(=O)O)C(C(F)(F)F)O2. The lowest BCUT2D eigenvalue weighted by Gasteiger charge is -2.28. The van der Waals surface area contributed by atoms with Gasteiger partial charge in [0.2, 0.25) is 6.10 Å². The third-order valence-corrected chi connectivity index (χ3v) is 5.30. The Labute approximate surface area is 185 Å². The number of rotatable bonds is 5. The number of fused-ring (bicyclic) bond motifs is 1. The summed E-state index contributed by atoms with van der Waals surface area (Å²) < 4.78 is 44.8. The molecule has 1 aliphatic rings. The van der Waals surface area contributed by atoms with Gasteiger partial charge in [0.25, 0.3) is 5.91 Å². The van der Waals surface area contributed by atoms with Gasteiger partial charge in [-0.1, -0.05) is 30.1 Å². The van der Waals surface area contributed by atoms with E-state index < -0.39 is 23.8 Å². The molecule has 2 aromatic carbocycles. The summed E-state index contributed by atoms with van der Waals surface area (Å²) in [6, 6.07) is 8.96. The fourth-order valence-electron chi connectivity index (χ4n) is 3.09. The zero-order valence-electron chi connectivity index (χ0n) is 16.0. The number of benzene rings is 2. The molecular weight excluding hydrogens is 458 g/mol. The second kappa shape index (κ2) is 8.80. The molecule has 0 aliphatic carbocycles. The predicted molar refractivity (Wildman–Crippen MR) is 110 cm³/mol. The highest BCUT2D eigenvalue weighted by Gasteiger charge is 2.48. The summed E-state index contributed by atoms with van der Waals surface area (Å²) in [7, 11) is 0. The van der Waals surface area contributed by atoms with Gasteiger partial charge >= 0.3 is 12.1 Å². The van der Waals surface area contributed by atoms with E-state index in [-0.39, 0.29) is 34.7 Å². The Morgan fingerprint density at radius 1 is 1.19 bits per heavy atom. The fourth-order valence-corrected chi connectivity index (χ4v) is 3.57. The first kappa shape index (κ1) is 23.0.